The van der Waals surface area contributed by atoms with E-state index in [1.54, 1.807) is 6.08 Å². The van der Waals surface area contributed by atoms with Crippen LogP contribution in [0.1, 0.15) is 45.1 Å². The number of rotatable bonds is 6. The quantitative estimate of drug-likeness (QED) is 0.815. The van der Waals surface area contributed by atoms with Crippen molar-refractivity contribution in [2.75, 3.05) is 13.1 Å². The molecule has 24 heavy (non-hydrogen) atoms. The van der Waals surface area contributed by atoms with Crippen LogP contribution in [0.4, 0.5) is 0 Å². The normalized spacial score (nSPS) is 15.9. The zero-order chi connectivity index (χ0) is 17.4. The van der Waals surface area contributed by atoms with Crippen molar-refractivity contribution in [3.05, 3.63) is 42.0 Å². The molecular formula is C20H28N2O2. The molecule has 0 radical (unpaired) electrons. The second-order valence-electron chi connectivity index (χ2n) is 6.37. The molecule has 2 amide bonds. The predicted octanol–water partition coefficient (Wildman–Crippen LogP) is 3.24. The fourth-order valence-corrected chi connectivity index (χ4v) is 3.06. The Balaban J connectivity index is 1.79. The average Bonchev–Trinajstić information content (AvgIpc) is 2.62. The van der Waals surface area contributed by atoms with Gasteiger partial charge in [-0.1, -0.05) is 44.2 Å². The third kappa shape index (κ3) is 5.22. The van der Waals surface area contributed by atoms with Crippen LogP contribution < -0.4 is 5.32 Å². The van der Waals surface area contributed by atoms with E-state index in [1.807, 2.05) is 55.2 Å². The van der Waals surface area contributed by atoms with E-state index in [4.69, 9.17) is 0 Å². The molecule has 1 aromatic carbocycles. The minimum atomic E-state index is 0.0450. The van der Waals surface area contributed by atoms with Crippen LogP contribution in [-0.4, -0.2) is 35.8 Å². The summed E-state index contributed by atoms with van der Waals surface area (Å²) in [4.78, 5) is 26.3. The number of carbonyl (C=O) groups excluding carboxylic acids is 2. The van der Waals surface area contributed by atoms with Crippen LogP contribution >= 0.6 is 0 Å². The first kappa shape index (κ1) is 18.2. The first-order valence-corrected chi connectivity index (χ1v) is 8.96. The fourth-order valence-electron chi connectivity index (χ4n) is 3.06. The molecule has 0 aliphatic carbocycles. The molecule has 4 heteroatoms. The van der Waals surface area contributed by atoms with Gasteiger partial charge in [0.25, 0.3) is 0 Å². The van der Waals surface area contributed by atoms with Crippen LogP contribution in [0, 0.1) is 5.92 Å². The molecule has 1 aliphatic rings. The maximum Gasteiger partial charge on any atom is 0.246 e. The molecule has 0 atom stereocenters. The Morgan fingerprint density at radius 3 is 2.38 bits per heavy atom. The van der Waals surface area contributed by atoms with E-state index in [0.29, 0.717) is 13.1 Å². The van der Waals surface area contributed by atoms with Crippen molar-refractivity contribution < 1.29 is 9.59 Å². The number of benzene rings is 1. The Morgan fingerprint density at radius 2 is 1.79 bits per heavy atom. The molecule has 1 aliphatic heterocycles. The van der Waals surface area contributed by atoms with Crippen LogP contribution in [0.2, 0.25) is 0 Å². The van der Waals surface area contributed by atoms with E-state index in [9.17, 15) is 9.59 Å². The van der Waals surface area contributed by atoms with Crippen molar-refractivity contribution in [3.8, 4) is 0 Å². The fraction of sp³-hybridized carbons (Fsp3) is 0.500. The molecule has 0 aromatic heterocycles. The Hall–Kier alpha value is -2.10. The monoisotopic (exact) mass is 328 g/mol. The van der Waals surface area contributed by atoms with Gasteiger partial charge in [0.15, 0.2) is 0 Å². The number of nitrogens with zero attached hydrogens (tertiary/aromatic N) is 1. The zero-order valence-corrected chi connectivity index (χ0v) is 14.7. The van der Waals surface area contributed by atoms with E-state index in [1.165, 1.54) is 0 Å². The second kappa shape index (κ2) is 9.26. The Labute approximate surface area is 144 Å². The number of hydrogen-bond donors (Lipinski definition) is 1. The SMILES string of the molecule is CCC(CC)C(=O)NC1CCN(C(=O)/C=C/c2ccccc2)CC1. The number of carbonyl (C=O) groups is 2. The highest BCUT2D eigenvalue weighted by Crippen LogP contribution is 2.14. The molecule has 1 N–H and O–H groups in total. The molecule has 1 fully saturated rings. The zero-order valence-electron chi connectivity index (χ0n) is 14.7. The van der Waals surface area contributed by atoms with Gasteiger partial charge in [0, 0.05) is 31.1 Å². The van der Waals surface area contributed by atoms with Crippen molar-refractivity contribution in [2.45, 2.75) is 45.6 Å². The molecular weight excluding hydrogens is 300 g/mol. The van der Waals surface area contributed by atoms with Gasteiger partial charge in [-0.2, -0.15) is 0 Å². The number of hydrogen-bond acceptors (Lipinski definition) is 2. The minimum Gasteiger partial charge on any atom is -0.353 e. The van der Waals surface area contributed by atoms with Crippen molar-refractivity contribution in [3.63, 3.8) is 0 Å². The lowest BCUT2D eigenvalue weighted by Gasteiger charge is -2.32. The third-order valence-corrected chi connectivity index (χ3v) is 4.73. The van der Waals surface area contributed by atoms with Crippen molar-refractivity contribution in [2.24, 2.45) is 5.92 Å². The number of piperidine rings is 1. The highest BCUT2D eigenvalue weighted by molar-refractivity contribution is 5.91. The van der Waals surface area contributed by atoms with Gasteiger partial charge in [-0.15, -0.1) is 0 Å². The molecule has 130 valence electrons. The summed E-state index contributed by atoms with van der Waals surface area (Å²) in [5.74, 6) is 0.316. The summed E-state index contributed by atoms with van der Waals surface area (Å²) in [5, 5.41) is 3.14. The van der Waals surface area contributed by atoms with Gasteiger partial charge in [-0.25, -0.2) is 0 Å². The number of likely N-dealkylation sites (tertiary alicyclic amines) is 1. The van der Waals surface area contributed by atoms with Gasteiger partial charge in [0.1, 0.15) is 0 Å². The molecule has 0 spiro atoms. The summed E-state index contributed by atoms with van der Waals surface area (Å²) in [6, 6.07) is 10.0. The van der Waals surface area contributed by atoms with Crippen molar-refractivity contribution in [1.82, 2.24) is 10.2 Å². The molecule has 1 saturated heterocycles. The van der Waals surface area contributed by atoms with E-state index in [2.05, 4.69) is 5.32 Å². The average molecular weight is 328 g/mol. The lowest BCUT2D eigenvalue weighted by Crippen LogP contribution is -2.47. The number of amides is 2. The maximum atomic E-state index is 12.3. The molecule has 0 saturated carbocycles. The summed E-state index contributed by atoms with van der Waals surface area (Å²) >= 11 is 0. The summed E-state index contributed by atoms with van der Waals surface area (Å²) < 4.78 is 0. The molecule has 0 bridgehead atoms. The van der Waals surface area contributed by atoms with Gasteiger partial charge in [-0.3, -0.25) is 9.59 Å². The topological polar surface area (TPSA) is 49.4 Å². The Kier molecular flexibility index (Phi) is 7.04. The third-order valence-electron chi connectivity index (χ3n) is 4.73. The maximum absolute atomic E-state index is 12.3. The number of nitrogens with one attached hydrogen (secondary N) is 1. The van der Waals surface area contributed by atoms with Gasteiger partial charge in [0.2, 0.25) is 11.8 Å². The largest absolute Gasteiger partial charge is 0.353 e. The van der Waals surface area contributed by atoms with Gasteiger partial charge >= 0.3 is 0 Å². The van der Waals surface area contributed by atoms with Crippen molar-refractivity contribution in [1.29, 1.82) is 0 Å². The van der Waals surface area contributed by atoms with Gasteiger partial charge in [-0.05, 0) is 37.3 Å². The second-order valence-corrected chi connectivity index (χ2v) is 6.37. The summed E-state index contributed by atoms with van der Waals surface area (Å²) in [7, 11) is 0. The minimum absolute atomic E-state index is 0.0450. The molecule has 1 aromatic rings. The van der Waals surface area contributed by atoms with E-state index in [0.717, 1.165) is 31.2 Å². The summed E-state index contributed by atoms with van der Waals surface area (Å²) in [5.41, 5.74) is 1.03. The van der Waals surface area contributed by atoms with Gasteiger partial charge in [0.05, 0.1) is 0 Å². The van der Waals surface area contributed by atoms with Crippen LogP contribution in [0.3, 0.4) is 0 Å². The predicted molar refractivity (Wildman–Crippen MR) is 97.3 cm³/mol. The smallest absolute Gasteiger partial charge is 0.246 e. The summed E-state index contributed by atoms with van der Waals surface area (Å²) in [6.07, 6.45) is 6.91. The first-order chi connectivity index (χ1) is 11.6. The van der Waals surface area contributed by atoms with E-state index >= 15 is 0 Å². The van der Waals surface area contributed by atoms with Gasteiger partial charge < -0.3 is 10.2 Å². The standard InChI is InChI=1S/C20H28N2O2/c1-3-17(4-2)20(24)21-18-12-14-22(15-13-18)19(23)11-10-16-8-6-5-7-9-16/h5-11,17-18H,3-4,12-15H2,1-2H3,(H,21,24)/b11-10+. The lowest BCUT2D eigenvalue weighted by molar-refractivity contribution is -0.128. The molecule has 0 unspecified atom stereocenters. The summed E-state index contributed by atoms with van der Waals surface area (Å²) in [6.45, 7) is 5.50. The molecule has 2 rings (SSSR count). The molecule has 4 nitrogen and oxygen atoms in total. The van der Waals surface area contributed by atoms with Crippen LogP contribution in [-0.2, 0) is 9.59 Å². The highest BCUT2D eigenvalue weighted by atomic mass is 16.2. The van der Waals surface area contributed by atoms with Crippen LogP contribution in [0.5, 0.6) is 0 Å². The first-order valence-electron chi connectivity index (χ1n) is 8.96. The molecule has 1 heterocycles. The Bertz CT molecular complexity index is 556. The Morgan fingerprint density at radius 1 is 1.17 bits per heavy atom. The van der Waals surface area contributed by atoms with Crippen LogP contribution in [0.25, 0.3) is 6.08 Å². The highest BCUT2D eigenvalue weighted by Gasteiger charge is 2.24. The van der Waals surface area contributed by atoms with E-state index in [-0.39, 0.29) is 23.8 Å². The van der Waals surface area contributed by atoms with Crippen molar-refractivity contribution >= 4 is 17.9 Å². The lowest BCUT2D eigenvalue weighted by atomic mass is 9.99. The van der Waals surface area contributed by atoms with E-state index < -0.39 is 0 Å². The van der Waals surface area contributed by atoms with Crippen LogP contribution in [0.15, 0.2) is 36.4 Å².